The fraction of sp³-hybridized carbons (Fsp3) is 0.769. The zero-order valence-corrected chi connectivity index (χ0v) is 9.30. The fourth-order valence-electron chi connectivity index (χ4n) is 2.00. The Labute approximate surface area is 87.6 Å². The molecule has 14 heavy (non-hydrogen) atoms. The van der Waals surface area contributed by atoms with Gasteiger partial charge in [0, 0.05) is 12.3 Å². The number of hydrogen-bond donors (Lipinski definition) is 0. The molecule has 80 valence electrons. The van der Waals surface area contributed by atoms with Crippen molar-refractivity contribution >= 4 is 5.78 Å². The van der Waals surface area contributed by atoms with Crippen LogP contribution in [0.4, 0.5) is 0 Å². The van der Waals surface area contributed by atoms with Crippen molar-refractivity contribution in [3.05, 3.63) is 12.2 Å². The maximum Gasteiger partial charge on any atom is 0.139 e. The van der Waals surface area contributed by atoms with Gasteiger partial charge < -0.3 is 0 Å². The van der Waals surface area contributed by atoms with Crippen molar-refractivity contribution in [1.82, 2.24) is 0 Å². The van der Waals surface area contributed by atoms with Gasteiger partial charge in [-0.2, -0.15) is 0 Å². The maximum atomic E-state index is 11.3. The molecular formula is C13H22O. The third kappa shape index (κ3) is 4.08. The van der Waals surface area contributed by atoms with Gasteiger partial charge in [-0.3, -0.25) is 4.79 Å². The molecule has 0 aromatic heterocycles. The topological polar surface area (TPSA) is 17.1 Å². The van der Waals surface area contributed by atoms with E-state index in [4.69, 9.17) is 0 Å². The van der Waals surface area contributed by atoms with Gasteiger partial charge in [0.1, 0.15) is 5.78 Å². The van der Waals surface area contributed by atoms with Crippen LogP contribution < -0.4 is 0 Å². The molecule has 1 fully saturated rings. The van der Waals surface area contributed by atoms with Crippen LogP contribution in [0.2, 0.25) is 0 Å². The first-order valence-electron chi connectivity index (χ1n) is 6.04. The van der Waals surface area contributed by atoms with E-state index in [9.17, 15) is 4.79 Å². The summed E-state index contributed by atoms with van der Waals surface area (Å²) in [4.78, 5) is 11.3. The van der Waals surface area contributed by atoms with Gasteiger partial charge in [0.2, 0.25) is 0 Å². The van der Waals surface area contributed by atoms with Crippen LogP contribution in [0, 0.1) is 5.92 Å². The first kappa shape index (κ1) is 11.5. The molecule has 0 radical (unpaired) electrons. The van der Waals surface area contributed by atoms with E-state index in [1.54, 1.807) is 0 Å². The lowest BCUT2D eigenvalue weighted by atomic mass is 10.1. The minimum Gasteiger partial charge on any atom is -0.299 e. The van der Waals surface area contributed by atoms with Crippen molar-refractivity contribution in [1.29, 1.82) is 0 Å². The van der Waals surface area contributed by atoms with Crippen LogP contribution >= 0.6 is 0 Å². The van der Waals surface area contributed by atoms with E-state index >= 15 is 0 Å². The molecule has 1 saturated carbocycles. The lowest BCUT2D eigenvalue weighted by Gasteiger charge is -1.99. The van der Waals surface area contributed by atoms with Crippen LogP contribution in [0.5, 0.6) is 0 Å². The second kappa shape index (κ2) is 6.80. The molecule has 0 aliphatic heterocycles. The Morgan fingerprint density at radius 2 is 2.21 bits per heavy atom. The van der Waals surface area contributed by atoms with E-state index in [1.165, 1.54) is 25.7 Å². The van der Waals surface area contributed by atoms with E-state index < -0.39 is 0 Å². The molecule has 1 heteroatoms. The van der Waals surface area contributed by atoms with E-state index in [0.29, 0.717) is 5.78 Å². The van der Waals surface area contributed by atoms with Gasteiger partial charge in [0.05, 0.1) is 0 Å². The van der Waals surface area contributed by atoms with Crippen molar-refractivity contribution < 1.29 is 4.79 Å². The fourth-order valence-corrected chi connectivity index (χ4v) is 2.00. The molecule has 1 rings (SSSR count). The lowest BCUT2D eigenvalue weighted by Crippen LogP contribution is -2.01. The first-order chi connectivity index (χ1) is 6.84. The summed E-state index contributed by atoms with van der Waals surface area (Å²) >= 11 is 0. The Morgan fingerprint density at radius 3 is 2.86 bits per heavy atom. The highest BCUT2D eigenvalue weighted by Crippen LogP contribution is 2.22. The van der Waals surface area contributed by atoms with Crippen LogP contribution in [0.25, 0.3) is 0 Å². The molecule has 0 N–H and O–H groups in total. The molecule has 1 atom stereocenters. The molecule has 0 amide bonds. The smallest absolute Gasteiger partial charge is 0.139 e. The predicted octanol–water partition coefficient (Wildman–Crippen LogP) is 3.88. The van der Waals surface area contributed by atoms with Gasteiger partial charge in [-0.15, -0.1) is 0 Å². The second-order valence-electron chi connectivity index (χ2n) is 4.24. The third-order valence-corrected chi connectivity index (χ3v) is 2.94. The molecule has 0 unspecified atom stereocenters. The molecule has 0 saturated heterocycles. The Balaban J connectivity index is 2.05. The summed E-state index contributed by atoms with van der Waals surface area (Å²) in [5.74, 6) is 0.719. The molecular weight excluding hydrogens is 172 g/mol. The molecule has 0 spiro atoms. The highest BCUT2D eigenvalue weighted by atomic mass is 16.1. The van der Waals surface area contributed by atoms with Crippen molar-refractivity contribution in [3.8, 4) is 0 Å². The van der Waals surface area contributed by atoms with E-state index in [1.807, 2.05) is 0 Å². The van der Waals surface area contributed by atoms with Gasteiger partial charge in [0.15, 0.2) is 0 Å². The van der Waals surface area contributed by atoms with E-state index in [-0.39, 0.29) is 5.92 Å². The predicted molar refractivity (Wildman–Crippen MR) is 60.2 cm³/mol. The van der Waals surface area contributed by atoms with Gasteiger partial charge in [-0.1, -0.05) is 38.3 Å². The summed E-state index contributed by atoms with van der Waals surface area (Å²) in [6, 6.07) is 0. The molecule has 0 bridgehead atoms. The molecule has 1 aliphatic rings. The van der Waals surface area contributed by atoms with Crippen LogP contribution in [-0.4, -0.2) is 5.78 Å². The van der Waals surface area contributed by atoms with Crippen LogP contribution in [0.15, 0.2) is 12.2 Å². The summed E-state index contributed by atoms with van der Waals surface area (Å²) in [7, 11) is 0. The highest BCUT2D eigenvalue weighted by molar-refractivity contribution is 5.84. The lowest BCUT2D eigenvalue weighted by molar-refractivity contribution is -0.119. The van der Waals surface area contributed by atoms with Gasteiger partial charge in [0.25, 0.3) is 0 Å². The summed E-state index contributed by atoms with van der Waals surface area (Å²) in [5.41, 5.74) is 0. The minimum atomic E-state index is 0.265. The van der Waals surface area contributed by atoms with E-state index in [2.05, 4.69) is 19.1 Å². The minimum absolute atomic E-state index is 0.265. The Kier molecular flexibility index (Phi) is 5.58. The van der Waals surface area contributed by atoms with Crippen molar-refractivity contribution in [3.63, 3.8) is 0 Å². The molecule has 0 heterocycles. The second-order valence-corrected chi connectivity index (χ2v) is 4.24. The monoisotopic (exact) mass is 194 g/mol. The Bertz CT molecular complexity index is 193. The maximum absolute atomic E-state index is 11.3. The van der Waals surface area contributed by atoms with Gasteiger partial charge in [-0.05, 0) is 25.7 Å². The zero-order chi connectivity index (χ0) is 10.2. The molecule has 1 nitrogen and oxygen atoms in total. The average molecular weight is 194 g/mol. The normalized spacial score (nSPS) is 22.4. The van der Waals surface area contributed by atoms with Crippen molar-refractivity contribution in [2.45, 2.75) is 58.3 Å². The Hall–Kier alpha value is -0.590. The first-order valence-corrected chi connectivity index (χ1v) is 6.04. The van der Waals surface area contributed by atoms with Crippen molar-refractivity contribution in [2.24, 2.45) is 5.92 Å². The average Bonchev–Trinajstić information content (AvgIpc) is 2.58. The number of carbonyl (C=O) groups is 1. The quantitative estimate of drug-likeness (QED) is 0.463. The molecule has 0 aromatic carbocycles. The largest absolute Gasteiger partial charge is 0.299 e. The summed E-state index contributed by atoms with van der Waals surface area (Å²) < 4.78 is 0. The van der Waals surface area contributed by atoms with Crippen LogP contribution in [0.3, 0.4) is 0 Å². The summed E-state index contributed by atoms with van der Waals surface area (Å²) in [6.45, 7) is 2.23. The number of Topliss-reactive ketones (excluding diaryl/α,β-unsaturated/α-hetero) is 1. The standard InChI is InChI=1S/C13H22O/c1-2-3-4-5-6-7-9-12-10-8-11-13(12)14/h7,9,12H,2-6,8,10-11H2,1H3/b9-7+/t12-/m1/s1. The van der Waals surface area contributed by atoms with Crippen LogP contribution in [0.1, 0.15) is 58.3 Å². The van der Waals surface area contributed by atoms with Crippen LogP contribution in [-0.2, 0) is 4.79 Å². The number of ketones is 1. The number of unbranched alkanes of at least 4 members (excludes halogenated alkanes) is 4. The molecule has 1 aliphatic carbocycles. The summed E-state index contributed by atoms with van der Waals surface area (Å²) in [6.07, 6.45) is 13.8. The number of carbonyl (C=O) groups excluding carboxylic acids is 1. The van der Waals surface area contributed by atoms with E-state index in [0.717, 1.165) is 25.7 Å². The SMILES string of the molecule is CCCCCC/C=C/[C@@H]1CCCC1=O. The highest BCUT2D eigenvalue weighted by Gasteiger charge is 2.20. The van der Waals surface area contributed by atoms with Gasteiger partial charge in [-0.25, -0.2) is 0 Å². The number of allylic oxidation sites excluding steroid dienone is 2. The summed E-state index contributed by atoms with van der Waals surface area (Å²) in [5, 5.41) is 0. The third-order valence-electron chi connectivity index (χ3n) is 2.94. The number of rotatable bonds is 6. The van der Waals surface area contributed by atoms with Crippen molar-refractivity contribution in [2.75, 3.05) is 0 Å². The Morgan fingerprint density at radius 1 is 1.36 bits per heavy atom. The molecule has 0 aromatic rings. The number of hydrogen-bond acceptors (Lipinski definition) is 1. The van der Waals surface area contributed by atoms with Gasteiger partial charge >= 0.3 is 0 Å². The zero-order valence-electron chi connectivity index (χ0n) is 9.30.